The van der Waals surface area contributed by atoms with Crippen molar-refractivity contribution in [1.29, 1.82) is 0 Å². The van der Waals surface area contributed by atoms with E-state index in [0.29, 0.717) is 12.1 Å². The lowest BCUT2D eigenvalue weighted by Gasteiger charge is -2.32. The number of hydrogen-bond donors (Lipinski definition) is 1. The summed E-state index contributed by atoms with van der Waals surface area (Å²) in [5.41, 5.74) is 4.70. The summed E-state index contributed by atoms with van der Waals surface area (Å²) in [5, 5.41) is 10.3. The number of hydrogen-bond acceptors (Lipinski definition) is 4. The molecule has 2 aromatic rings. The standard InChI is InChI=1S/C24H31BN2O4/c1-23(2)24(3,4)31-25(30-23)18-9-7-11-20(17(18)15-28)27-13-12-26-19-10-6-5-8-16(19)14-21(26)22(27)29/h7,9,11,14,28H,5-6,8,10,12-13,15H2,1-4H3. The Labute approximate surface area is 184 Å². The second-order valence-electron chi connectivity index (χ2n) is 9.91. The zero-order valence-electron chi connectivity index (χ0n) is 18.9. The average Bonchev–Trinajstić information content (AvgIpc) is 3.22. The van der Waals surface area contributed by atoms with Crippen molar-refractivity contribution in [3.8, 4) is 0 Å². The zero-order chi connectivity index (χ0) is 22.0. The van der Waals surface area contributed by atoms with Gasteiger partial charge in [0, 0.05) is 30.0 Å². The van der Waals surface area contributed by atoms with E-state index in [9.17, 15) is 9.90 Å². The molecule has 1 N–H and O–H groups in total. The number of rotatable bonds is 3. The number of aliphatic hydroxyl groups excluding tert-OH is 1. The van der Waals surface area contributed by atoms with Crippen LogP contribution in [0.5, 0.6) is 0 Å². The van der Waals surface area contributed by atoms with E-state index in [0.717, 1.165) is 36.2 Å². The van der Waals surface area contributed by atoms with Crippen LogP contribution in [0.15, 0.2) is 24.3 Å². The molecule has 164 valence electrons. The van der Waals surface area contributed by atoms with Crippen LogP contribution in [-0.4, -0.2) is 40.4 Å². The van der Waals surface area contributed by atoms with E-state index in [4.69, 9.17) is 9.31 Å². The smallest absolute Gasteiger partial charge is 0.399 e. The van der Waals surface area contributed by atoms with Crippen LogP contribution in [0.4, 0.5) is 5.69 Å². The second kappa shape index (κ2) is 7.22. The first kappa shape index (κ1) is 20.8. The molecule has 1 aliphatic carbocycles. The average molecular weight is 422 g/mol. The molecule has 0 radical (unpaired) electrons. The molecule has 0 saturated carbocycles. The van der Waals surface area contributed by atoms with Gasteiger partial charge in [-0.05, 0) is 76.5 Å². The number of carbonyl (C=O) groups is 1. The molecule has 0 unspecified atom stereocenters. The third-order valence-electron chi connectivity index (χ3n) is 7.56. The largest absolute Gasteiger partial charge is 0.495 e. The summed E-state index contributed by atoms with van der Waals surface area (Å²) in [5.74, 6) is 0.00131. The van der Waals surface area contributed by atoms with Gasteiger partial charge in [0.15, 0.2) is 0 Å². The van der Waals surface area contributed by atoms with Gasteiger partial charge in [0.1, 0.15) is 5.69 Å². The van der Waals surface area contributed by atoms with Gasteiger partial charge >= 0.3 is 7.12 Å². The molecule has 0 atom stereocenters. The van der Waals surface area contributed by atoms with Crippen molar-refractivity contribution >= 4 is 24.2 Å². The molecule has 6 nitrogen and oxygen atoms in total. The van der Waals surface area contributed by atoms with Gasteiger partial charge in [0.05, 0.1) is 17.8 Å². The topological polar surface area (TPSA) is 63.9 Å². The molecule has 1 saturated heterocycles. The normalized spacial score (nSPS) is 21.9. The van der Waals surface area contributed by atoms with Gasteiger partial charge in [-0.2, -0.15) is 0 Å². The van der Waals surface area contributed by atoms with Gasteiger partial charge in [-0.1, -0.05) is 12.1 Å². The molecule has 7 heteroatoms. The summed E-state index contributed by atoms with van der Waals surface area (Å²) in [7, 11) is -0.580. The van der Waals surface area contributed by atoms with Crippen LogP contribution in [0.1, 0.15) is 67.8 Å². The van der Waals surface area contributed by atoms with E-state index in [2.05, 4.69) is 10.6 Å². The predicted octanol–water partition coefficient (Wildman–Crippen LogP) is 2.82. The van der Waals surface area contributed by atoms with Gasteiger partial charge in [-0.3, -0.25) is 4.79 Å². The zero-order valence-corrected chi connectivity index (χ0v) is 18.9. The maximum absolute atomic E-state index is 13.5. The number of aliphatic hydroxyl groups is 1. The Morgan fingerprint density at radius 3 is 2.48 bits per heavy atom. The van der Waals surface area contributed by atoms with Crippen LogP contribution in [-0.2, 0) is 35.3 Å². The van der Waals surface area contributed by atoms with Gasteiger partial charge in [-0.15, -0.1) is 0 Å². The molecule has 1 aromatic heterocycles. The Balaban J connectivity index is 1.51. The predicted molar refractivity (Wildman–Crippen MR) is 121 cm³/mol. The van der Waals surface area contributed by atoms with Crippen molar-refractivity contribution in [2.75, 3.05) is 11.4 Å². The van der Waals surface area contributed by atoms with Crippen molar-refractivity contribution < 1.29 is 19.2 Å². The third kappa shape index (κ3) is 3.17. The summed E-state index contributed by atoms with van der Waals surface area (Å²) in [6.07, 6.45) is 4.50. The summed E-state index contributed by atoms with van der Waals surface area (Å²) in [6, 6.07) is 7.84. The van der Waals surface area contributed by atoms with Gasteiger partial charge < -0.3 is 23.9 Å². The number of carbonyl (C=O) groups excluding carboxylic acids is 1. The van der Waals surface area contributed by atoms with Crippen molar-refractivity contribution in [2.24, 2.45) is 0 Å². The van der Waals surface area contributed by atoms with Crippen LogP contribution in [0, 0.1) is 0 Å². The minimum absolute atomic E-state index is 0.00131. The molecule has 31 heavy (non-hydrogen) atoms. The fourth-order valence-corrected chi connectivity index (χ4v) is 5.08. The Hall–Kier alpha value is -2.09. The highest BCUT2D eigenvalue weighted by atomic mass is 16.7. The van der Waals surface area contributed by atoms with Crippen molar-refractivity contribution in [2.45, 2.75) is 77.7 Å². The van der Waals surface area contributed by atoms with Crippen LogP contribution in [0.2, 0.25) is 0 Å². The van der Waals surface area contributed by atoms with E-state index in [1.165, 1.54) is 24.1 Å². The highest BCUT2D eigenvalue weighted by Crippen LogP contribution is 2.37. The molecular formula is C24H31BN2O4. The maximum Gasteiger partial charge on any atom is 0.495 e. The lowest BCUT2D eigenvalue weighted by Crippen LogP contribution is -2.43. The highest BCUT2D eigenvalue weighted by molar-refractivity contribution is 6.62. The number of aryl methyl sites for hydroxylation is 1. The van der Waals surface area contributed by atoms with Crippen molar-refractivity contribution in [3.05, 3.63) is 46.8 Å². The Morgan fingerprint density at radius 2 is 1.77 bits per heavy atom. The van der Waals surface area contributed by atoms with Crippen molar-refractivity contribution in [1.82, 2.24) is 4.57 Å². The SMILES string of the molecule is CC1(C)OB(c2cccc(N3CCn4c(cc5c4CCCC5)C3=O)c2CO)OC1(C)C. The van der Waals surface area contributed by atoms with Gasteiger partial charge in [0.25, 0.3) is 5.91 Å². The first-order chi connectivity index (χ1) is 14.7. The lowest BCUT2D eigenvalue weighted by molar-refractivity contribution is 0.00578. The van der Waals surface area contributed by atoms with E-state index < -0.39 is 18.3 Å². The summed E-state index contributed by atoms with van der Waals surface area (Å²) >= 11 is 0. The summed E-state index contributed by atoms with van der Waals surface area (Å²) in [4.78, 5) is 15.3. The quantitative estimate of drug-likeness (QED) is 0.773. The Kier molecular flexibility index (Phi) is 4.85. The first-order valence-corrected chi connectivity index (χ1v) is 11.3. The third-order valence-corrected chi connectivity index (χ3v) is 7.56. The molecule has 1 aromatic carbocycles. The monoisotopic (exact) mass is 422 g/mol. The fourth-order valence-electron chi connectivity index (χ4n) is 5.08. The molecular weight excluding hydrogens is 391 g/mol. The van der Waals surface area contributed by atoms with E-state index in [-0.39, 0.29) is 12.5 Å². The van der Waals surface area contributed by atoms with Crippen LogP contribution in [0.3, 0.4) is 0 Å². The van der Waals surface area contributed by atoms with Crippen LogP contribution < -0.4 is 10.4 Å². The maximum atomic E-state index is 13.5. The molecule has 1 amide bonds. The van der Waals surface area contributed by atoms with Crippen molar-refractivity contribution in [3.63, 3.8) is 0 Å². The number of aromatic nitrogens is 1. The van der Waals surface area contributed by atoms with E-state index >= 15 is 0 Å². The number of fused-ring (bicyclic) bond motifs is 3. The molecule has 1 fully saturated rings. The number of amides is 1. The number of anilines is 1. The summed E-state index contributed by atoms with van der Waals surface area (Å²) in [6.45, 7) is 9.24. The number of nitrogens with zero attached hydrogens (tertiary/aromatic N) is 2. The molecule has 0 bridgehead atoms. The minimum atomic E-state index is -0.580. The Morgan fingerprint density at radius 1 is 1.06 bits per heavy atom. The Bertz CT molecular complexity index is 1030. The molecule has 3 aliphatic rings. The van der Waals surface area contributed by atoms with E-state index in [1.54, 1.807) is 4.90 Å². The molecule has 2 aliphatic heterocycles. The fraction of sp³-hybridized carbons (Fsp3) is 0.542. The van der Waals surface area contributed by atoms with E-state index in [1.807, 2.05) is 45.9 Å². The van der Waals surface area contributed by atoms with Crippen LogP contribution >= 0.6 is 0 Å². The molecule has 0 spiro atoms. The van der Waals surface area contributed by atoms with Gasteiger partial charge in [0.2, 0.25) is 0 Å². The first-order valence-electron chi connectivity index (χ1n) is 11.3. The summed E-state index contributed by atoms with van der Waals surface area (Å²) < 4.78 is 14.7. The van der Waals surface area contributed by atoms with Gasteiger partial charge in [-0.25, -0.2) is 0 Å². The minimum Gasteiger partial charge on any atom is -0.399 e. The van der Waals surface area contributed by atoms with Crippen LogP contribution in [0.25, 0.3) is 0 Å². The molecule has 3 heterocycles. The lowest BCUT2D eigenvalue weighted by atomic mass is 9.75. The second-order valence-corrected chi connectivity index (χ2v) is 9.91. The highest BCUT2D eigenvalue weighted by Gasteiger charge is 2.52. The molecule has 5 rings (SSSR count). The number of benzene rings is 1.